The predicted octanol–water partition coefficient (Wildman–Crippen LogP) is 13.4. The molecule has 8 aromatic carbocycles. The van der Waals surface area contributed by atoms with Gasteiger partial charge in [-0.2, -0.15) is 0 Å². The van der Waals surface area contributed by atoms with E-state index >= 15 is 0 Å². The lowest BCUT2D eigenvalue weighted by molar-refractivity contribution is 0.669. The summed E-state index contributed by atoms with van der Waals surface area (Å²) in [6.07, 6.45) is 0. The molecule has 0 aliphatic rings. The van der Waals surface area contributed by atoms with Gasteiger partial charge in [0.05, 0.1) is 11.0 Å². The summed E-state index contributed by atoms with van der Waals surface area (Å²) in [5.41, 5.74) is 7.76. The van der Waals surface area contributed by atoms with Crippen molar-refractivity contribution in [2.24, 2.45) is 0 Å². The van der Waals surface area contributed by atoms with Crippen molar-refractivity contribution in [1.82, 2.24) is 19.5 Å². The maximum absolute atomic E-state index is 6.32. The van der Waals surface area contributed by atoms with Gasteiger partial charge in [0.25, 0.3) is 0 Å². The molecule has 12 aromatic rings. The molecule has 0 bridgehead atoms. The van der Waals surface area contributed by atoms with Crippen LogP contribution in [0.2, 0.25) is 0 Å². The van der Waals surface area contributed by atoms with E-state index in [0.29, 0.717) is 17.5 Å². The molecule has 0 saturated heterocycles. The first kappa shape index (κ1) is 30.3. The Labute approximate surface area is 318 Å². The van der Waals surface area contributed by atoms with Gasteiger partial charge in [-0.25, -0.2) is 15.0 Å². The Bertz CT molecular complexity index is 3520. The van der Waals surface area contributed by atoms with Crippen molar-refractivity contribution in [3.63, 3.8) is 0 Å². The fraction of sp³-hybridized carbons (Fsp3) is 0. The Morgan fingerprint density at radius 1 is 0.436 bits per heavy atom. The fourth-order valence-corrected chi connectivity index (χ4v) is 9.56. The SMILES string of the molecule is c1cc(-c2nc(-c3ccc4c(c3)oc3ccccc34)nc(-c3cccc4c3sc3ccccc34)n2)cc(-n2c3ccccc3c3c4ccccc4ccc32)c1. The number of hydrogen-bond acceptors (Lipinski definition) is 5. The van der Waals surface area contributed by atoms with Crippen LogP contribution in [0.5, 0.6) is 0 Å². The van der Waals surface area contributed by atoms with Crippen LogP contribution in [0.4, 0.5) is 0 Å². The number of hydrogen-bond donors (Lipinski definition) is 0. The lowest BCUT2D eigenvalue weighted by atomic mass is 10.0. The molecule has 55 heavy (non-hydrogen) atoms. The van der Waals surface area contributed by atoms with Crippen LogP contribution in [-0.4, -0.2) is 19.5 Å². The van der Waals surface area contributed by atoms with Crippen molar-refractivity contribution in [3.8, 4) is 39.9 Å². The van der Waals surface area contributed by atoms with Gasteiger partial charge in [0.1, 0.15) is 11.2 Å². The number of para-hydroxylation sites is 2. The molecule has 0 spiro atoms. The third kappa shape index (κ3) is 4.62. The minimum absolute atomic E-state index is 0.592. The van der Waals surface area contributed by atoms with Crippen molar-refractivity contribution in [1.29, 1.82) is 0 Å². The lowest BCUT2D eigenvalue weighted by Crippen LogP contribution is -2.01. The molecule has 0 aliphatic heterocycles. The van der Waals surface area contributed by atoms with E-state index in [2.05, 4.69) is 156 Å². The van der Waals surface area contributed by atoms with Gasteiger partial charge in [-0.05, 0) is 65.4 Å². The fourth-order valence-electron chi connectivity index (χ4n) is 8.34. The molecule has 0 radical (unpaired) electrons. The number of fused-ring (bicyclic) bond motifs is 11. The zero-order valence-corrected chi connectivity index (χ0v) is 30.1. The van der Waals surface area contributed by atoms with E-state index in [1.54, 1.807) is 11.3 Å². The normalized spacial score (nSPS) is 12.0. The van der Waals surface area contributed by atoms with Gasteiger partial charge >= 0.3 is 0 Å². The Morgan fingerprint density at radius 3 is 2.04 bits per heavy atom. The molecule has 0 aliphatic carbocycles. The smallest absolute Gasteiger partial charge is 0.165 e. The Kier molecular flexibility index (Phi) is 6.44. The summed E-state index contributed by atoms with van der Waals surface area (Å²) in [7, 11) is 0. The minimum Gasteiger partial charge on any atom is -0.456 e. The highest BCUT2D eigenvalue weighted by molar-refractivity contribution is 7.26. The van der Waals surface area contributed by atoms with Crippen molar-refractivity contribution in [2.45, 2.75) is 0 Å². The van der Waals surface area contributed by atoms with Gasteiger partial charge in [0.15, 0.2) is 17.5 Å². The van der Waals surface area contributed by atoms with E-state index in [1.165, 1.54) is 37.0 Å². The Morgan fingerprint density at radius 2 is 1.13 bits per heavy atom. The van der Waals surface area contributed by atoms with Crippen LogP contribution >= 0.6 is 11.3 Å². The first-order chi connectivity index (χ1) is 27.2. The molecule has 4 aromatic heterocycles. The molecule has 6 heteroatoms. The van der Waals surface area contributed by atoms with Crippen LogP contribution in [0.1, 0.15) is 0 Å². The third-order valence-electron chi connectivity index (χ3n) is 10.8. The number of thiophene rings is 1. The van der Waals surface area contributed by atoms with Gasteiger partial charge in [-0.3, -0.25) is 0 Å². The summed E-state index contributed by atoms with van der Waals surface area (Å²) in [6.45, 7) is 0. The van der Waals surface area contributed by atoms with Crippen LogP contribution in [0.25, 0.3) is 115 Å². The first-order valence-corrected chi connectivity index (χ1v) is 19.2. The van der Waals surface area contributed by atoms with E-state index in [9.17, 15) is 0 Å². The molecular weight excluding hydrogens is 693 g/mol. The van der Waals surface area contributed by atoms with Gasteiger partial charge in [0.2, 0.25) is 0 Å². The van der Waals surface area contributed by atoms with Crippen LogP contribution in [0.3, 0.4) is 0 Å². The molecule has 0 unspecified atom stereocenters. The summed E-state index contributed by atoms with van der Waals surface area (Å²) in [5.74, 6) is 1.83. The van der Waals surface area contributed by atoms with Crippen LogP contribution in [0, 0.1) is 0 Å². The van der Waals surface area contributed by atoms with Gasteiger partial charge in [-0.15, -0.1) is 11.3 Å². The van der Waals surface area contributed by atoms with Crippen molar-refractivity contribution < 1.29 is 4.42 Å². The standard InChI is InChI=1S/C49H28N4OS/c1-2-14-33-29(11-1)24-26-41-45(33)38-17-3-6-20-40(38)53(41)32-13-9-12-30(27-32)47-50-48(31-23-25-35-34-15-4-7-21-42(34)54-43(35)28-31)52-49(51-47)39-19-10-18-37-36-16-5-8-22-44(36)55-46(37)39/h1-28H. The topological polar surface area (TPSA) is 56.7 Å². The van der Waals surface area contributed by atoms with Crippen LogP contribution in [-0.2, 0) is 0 Å². The molecule has 5 nitrogen and oxygen atoms in total. The van der Waals surface area contributed by atoms with Crippen molar-refractivity contribution in [2.75, 3.05) is 0 Å². The molecule has 256 valence electrons. The zero-order chi connectivity index (χ0) is 36.0. The molecule has 0 saturated carbocycles. The zero-order valence-electron chi connectivity index (χ0n) is 29.3. The molecule has 0 amide bonds. The van der Waals surface area contributed by atoms with E-state index in [4.69, 9.17) is 19.4 Å². The van der Waals surface area contributed by atoms with Crippen LogP contribution in [0.15, 0.2) is 174 Å². The monoisotopic (exact) mass is 720 g/mol. The summed E-state index contributed by atoms with van der Waals surface area (Å²) < 4.78 is 11.1. The molecule has 0 fully saturated rings. The highest BCUT2D eigenvalue weighted by atomic mass is 32.1. The number of furan rings is 1. The molecule has 12 rings (SSSR count). The largest absolute Gasteiger partial charge is 0.456 e. The minimum atomic E-state index is 0.592. The summed E-state index contributed by atoms with van der Waals surface area (Å²) >= 11 is 1.78. The highest BCUT2D eigenvalue weighted by Gasteiger charge is 2.19. The summed E-state index contributed by atoms with van der Waals surface area (Å²) in [4.78, 5) is 15.7. The van der Waals surface area contributed by atoms with E-state index < -0.39 is 0 Å². The summed E-state index contributed by atoms with van der Waals surface area (Å²) in [6, 6.07) is 59.7. The summed E-state index contributed by atoms with van der Waals surface area (Å²) in [5, 5.41) is 9.54. The molecule has 4 heterocycles. The second-order valence-corrected chi connectivity index (χ2v) is 15.0. The molecular formula is C49H28N4OS. The highest BCUT2D eigenvalue weighted by Crippen LogP contribution is 2.41. The number of benzene rings is 8. The van der Waals surface area contributed by atoms with E-state index in [-0.39, 0.29) is 0 Å². The average molecular weight is 721 g/mol. The van der Waals surface area contributed by atoms with Crippen molar-refractivity contribution in [3.05, 3.63) is 170 Å². The predicted molar refractivity (Wildman–Crippen MR) is 228 cm³/mol. The second kappa shape index (κ2) is 11.7. The maximum Gasteiger partial charge on any atom is 0.165 e. The van der Waals surface area contributed by atoms with E-state index in [0.717, 1.165) is 60.0 Å². The second-order valence-electron chi connectivity index (χ2n) is 14.0. The van der Waals surface area contributed by atoms with Crippen LogP contribution < -0.4 is 0 Å². The Balaban J connectivity index is 1.09. The number of aromatic nitrogens is 4. The van der Waals surface area contributed by atoms with Gasteiger partial charge < -0.3 is 8.98 Å². The van der Waals surface area contributed by atoms with Gasteiger partial charge in [0, 0.05) is 64.1 Å². The van der Waals surface area contributed by atoms with Crippen molar-refractivity contribution >= 4 is 86.0 Å². The lowest BCUT2D eigenvalue weighted by Gasteiger charge is -2.12. The average Bonchev–Trinajstić information content (AvgIpc) is 3.93. The first-order valence-electron chi connectivity index (χ1n) is 18.4. The number of nitrogens with zero attached hydrogens (tertiary/aromatic N) is 4. The third-order valence-corrected chi connectivity index (χ3v) is 12.1. The maximum atomic E-state index is 6.32. The molecule has 0 atom stereocenters. The van der Waals surface area contributed by atoms with E-state index in [1.807, 2.05) is 18.2 Å². The molecule has 0 N–H and O–H groups in total. The number of rotatable bonds is 4. The van der Waals surface area contributed by atoms with Gasteiger partial charge in [-0.1, -0.05) is 115 Å². The quantitative estimate of drug-likeness (QED) is 0.182. The Hall–Kier alpha value is -7.15.